The van der Waals surface area contributed by atoms with Gasteiger partial charge in [-0.25, -0.2) is 4.98 Å². The molecule has 0 spiro atoms. The van der Waals surface area contributed by atoms with E-state index in [-0.39, 0.29) is 11.9 Å². The molecular weight excluding hydrogens is 372 g/mol. The van der Waals surface area contributed by atoms with Crippen LogP contribution in [-0.4, -0.2) is 10.9 Å². The van der Waals surface area contributed by atoms with Crippen molar-refractivity contribution in [2.24, 2.45) is 0 Å². The zero-order chi connectivity index (χ0) is 18.8. The molecule has 0 saturated carbocycles. The molecule has 0 aliphatic rings. The van der Waals surface area contributed by atoms with Crippen molar-refractivity contribution in [2.75, 3.05) is 0 Å². The molecule has 5 heteroatoms. The quantitative estimate of drug-likeness (QED) is 0.470. The van der Waals surface area contributed by atoms with E-state index in [1.807, 2.05) is 43.5 Å². The Bertz CT molecular complexity index is 1080. The molecule has 2 aromatic heterocycles. The van der Waals surface area contributed by atoms with Crippen LogP contribution in [0.2, 0.25) is 0 Å². The van der Waals surface area contributed by atoms with Crippen molar-refractivity contribution >= 4 is 39.4 Å². The van der Waals surface area contributed by atoms with Gasteiger partial charge in [-0.05, 0) is 41.6 Å². The second-order valence-electron chi connectivity index (χ2n) is 6.52. The Balaban J connectivity index is 1.53. The molecule has 4 aromatic rings. The zero-order valence-electron chi connectivity index (χ0n) is 15.2. The summed E-state index contributed by atoms with van der Waals surface area (Å²) in [5, 5.41) is 8.56. The van der Waals surface area contributed by atoms with E-state index in [1.165, 1.54) is 10.8 Å². The molecule has 0 aliphatic heterocycles. The highest BCUT2D eigenvalue weighted by atomic mass is 32.1. The number of aryl methyl sites for hydroxylation is 1. The number of fused-ring (bicyclic) bond motifs is 1. The molecule has 0 fully saturated rings. The molecular formula is C22H20N2OS2. The van der Waals surface area contributed by atoms with E-state index in [4.69, 9.17) is 0 Å². The van der Waals surface area contributed by atoms with Crippen molar-refractivity contribution < 1.29 is 4.79 Å². The normalized spacial score (nSPS) is 12.2. The van der Waals surface area contributed by atoms with Gasteiger partial charge in [0.2, 0.25) is 5.91 Å². The van der Waals surface area contributed by atoms with Crippen molar-refractivity contribution in [2.45, 2.75) is 26.3 Å². The van der Waals surface area contributed by atoms with Gasteiger partial charge in [0.25, 0.3) is 0 Å². The Hall–Kier alpha value is -2.50. The van der Waals surface area contributed by atoms with Crippen molar-refractivity contribution in [1.29, 1.82) is 0 Å². The number of rotatable bonds is 5. The first-order valence-electron chi connectivity index (χ1n) is 8.89. The summed E-state index contributed by atoms with van der Waals surface area (Å²) < 4.78 is 0. The predicted octanol–water partition coefficient (Wildman–Crippen LogP) is 5.75. The van der Waals surface area contributed by atoms with Crippen molar-refractivity contribution in [3.63, 3.8) is 0 Å². The number of carbonyl (C=O) groups is 1. The summed E-state index contributed by atoms with van der Waals surface area (Å²) in [7, 11) is 0. The topological polar surface area (TPSA) is 42.0 Å². The maximum absolute atomic E-state index is 12.7. The van der Waals surface area contributed by atoms with Crippen LogP contribution in [0.25, 0.3) is 21.3 Å². The number of hydrogen-bond acceptors (Lipinski definition) is 4. The summed E-state index contributed by atoms with van der Waals surface area (Å²) in [4.78, 5) is 19.5. The van der Waals surface area contributed by atoms with Crippen molar-refractivity contribution in [3.8, 4) is 10.6 Å². The first kappa shape index (κ1) is 17.9. The van der Waals surface area contributed by atoms with E-state index in [1.54, 1.807) is 22.7 Å². The van der Waals surface area contributed by atoms with Crippen LogP contribution in [-0.2, 0) is 11.2 Å². The van der Waals surface area contributed by atoms with Gasteiger partial charge in [-0.2, -0.15) is 0 Å². The largest absolute Gasteiger partial charge is 0.349 e. The SMILES string of the molecule is Cc1nc(-c2cccs2)c(CC(=O)NC(C)c2cccc3ccccc23)s1. The maximum atomic E-state index is 12.7. The van der Waals surface area contributed by atoms with E-state index >= 15 is 0 Å². The van der Waals surface area contributed by atoms with Gasteiger partial charge in [-0.3, -0.25) is 4.79 Å². The van der Waals surface area contributed by atoms with Gasteiger partial charge < -0.3 is 5.32 Å². The van der Waals surface area contributed by atoms with Crippen LogP contribution in [0, 0.1) is 6.92 Å². The Labute approximate surface area is 166 Å². The molecule has 0 bridgehead atoms. The Morgan fingerprint density at radius 3 is 2.74 bits per heavy atom. The highest BCUT2D eigenvalue weighted by molar-refractivity contribution is 7.15. The van der Waals surface area contributed by atoms with E-state index in [0.29, 0.717) is 6.42 Å². The molecule has 1 N–H and O–H groups in total. The average Bonchev–Trinajstić information content (AvgIpc) is 3.30. The number of aromatic nitrogens is 1. The van der Waals surface area contributed by atoms with Crippen LogP contribution >= 0.6 is 22.7 Å². The minimum atomic E-state index is -0.0530. The van der Waals surface area contributed by atoms with Gasteiger partial charge in [0.1, 0.15) is 0 Å². The number of amides is 1. The predicted molar refractivity (Wildman–Crippen MR) is 114 cm³/mol. The molecule has 136 valence electrons. The molecule has 0 radical (unpaired) electrons. The molecule has 4 rings (SSSR count). The summed E-state index contributed by atoms with van der Waals surface area (Å²) in [5.74, 6) is 0.0249. The lowest BCUT2D eigenvalue weighted by Crippen LogP contribution is -2.28. The molecule has 0 saturated heterocycles. The third kappa shape index (κ3) is 3.80. The van der Waals surface area contributed by atoms with Crippen LogP contribution in [0.15, 0.2) is 60.0 Å². The van der Waals surface area contributed by atoms with Crippen LogP contribution in [0.3, 0.4) is 0 Å². The minimum absolute atomic E-state index is 0.0249. The lowest BCUT2D eigenvalue weighted by molar-refractivity contribution is -0.121. The van der Waals surface area contributed by atoms with Crippen LogP contribution in [0.5, 0.6) is 0 Å². The number of carbonyl (C=O) groups excluding carboxylic acids is 1. The maximum Gasteiger partial charge on any atom is 0.225 e. The third-order valence-corrected chi connectivity index (χ3v) is 6.39. The standard InChI is InChI=1S/C22H20N2OS2/c1-14(17-10-5-8-16-7-3-4-9-18(16)17)23-21(25)13-20-22(24-15(2)27-20)19-11-6-12-26-19/h3-12,14H,13H2,1-2H3,(H,23,25). The Kier molecular flexibility index (Phi) is 5.05. The average molecular weight is 393 g/mol. The fourth-order valence-corrected chi connectivity index (χ4v) is 5.09. The Morgan fingerprint density at radius 1 is 1.11 bits per heavy atom. The van der Waals surface area contributed by atoms with Gasteiger partial charge in [0, 0.05) is 4.88 Å². The Morgan fingerprint density at radius 2 is 1.93 bits per heavy atom. The van der Waals surface area contributed by atoms with E-state index < -0.39 is 0 Å². The second-order valence-corrected chi connectivity index (χ2v) is 8.75. The second kappa shape index (κ2) is 7.62. The van der Waals surface area contributed by atoms with Crippen molar-refractivity contribution in [3.05, 3.63) is 75.4 Å². The molecule has 3 nitrogen and oxygen atoms in total. The number of nitrogens with one attached hydrogen (secondary N) is 1. The van der Waals surface area contributed by atoms with Gasteiger partial charge >= 0.3 is 0 Å². The first-order chi connectivity index (χ1) is 13.1. The number of hydrogen-bond donors (Lipinski definition) is 1. The van der Waals surface area contributed by atoms with E-state index in [9.17, 15) is 4.79 Å². The summed E-state index contributed by atoms with van der Waals surface area (Å²) in [6, 6.07) is 18.5. The van der Waals surface area contributed by atoms with Gasteiger partial charge in [-0.15, -0.1) is 22.7 Å². The summed E-state index contributed by atoms with van der Waals surface area (Å²) in [6.07, 6.45) is 0.355. The van der Waals surface area contributed by atoms with Crippen LogP contribution < -0.4 is 5.32 Å². The molecule has 1 amide bonds. The smallest absolute Gasteiger partial charge is 0.225 e. The molecule has 27 heavy (non-hydrogen) atoms. The van der Waals surface area contributed by atoms with Gasteiger partial charge in [-0.1, -0.05) is 48.5 Å². The number of nitrogens with zero attached hydrogens (tertiary/aromatic N) is 1. The summed E-state index contributed by atoms with van der Waals surface area (Å²) in [5.41, 5.74) is 2.08. The lowest BCUT2D eigenvalue weighted by atomic mass is 9.99. The van der Waals surface area contributed by atoms with E-state index in [2.05, 4.69) is 40.6 Å². The highest BCUT2D eigenvalue weighted by Crippen LogP contribution is 2.32. The van der Waals surface area contributed by atoms with Crippen LogP contribution in [0.1, 0.15) is 28.4 Å². The fraction of sp³-hybridized carbons (Fsp3) is 0.182. The molecule has 2 heterocycles. The fourth-order valence-electron chi connectivity index (χ4n) is 3.34. The number of benzene rings is 2. The van der Waals surface area contributed by atoms with Crippen molar-refractivity contribution in [1.82, 2.24) is 10.3 Å². The van der Waals surface area contributed by atoms with Crippen LogP contribution in [0.4, 0.5) is 0 Å². The molecule has 2 aromatic carbocycles. The highest BCUT2D eigenvalue weighted by Gasteiger charge is 2.18. The molecule has 1 unspecified atom stereocenters. The number of thiophene rings is 1. The zero-order valence-corrected chi connectivity index (χ0v) is 16.9. The molecule has 1 atom stereocenters. The monoisotopic (exact) mass is 392 g/mol. The summed E-state index contributed by atoms with van der Waals surface area (Å²) >= 11 is 3.26. The first-order valence-corrected chi connectivity index (χ1v) is 10.6. The molecule has 0 aliphatic carbocycles. The number of thiazole rings is 1. The minimum Gasteiger partial charge on any atom is -0.349 e. The summed E-state index contributed by atoms with van der Waals surface area (Å²) in [6.45, 7) is 4.03. The third-order valence-electron chi connectivity index (χ3n) is 4.55. The van der Waals surface area contributed by atoms with E-state index in [0.717, 1.165) is 26.0 Å². The van der Waals surface area contributed by atoms with Gasteiger partial charge in [0.05, 0.1) is 28.0 Å². The van der Waals surface area contributed by atoms with Gasteiger partial charge in [0.15, 0.2) is 0 Å². The lowest BCUT2D eigenvalue weighted by Gasteiger charge is -2.16.